The largest absolute Gasteiger partial charge is 0.302 e. The molecule has 3 fully saturated rings. The topological polar surface area (TPSA) is 13.0 Å². The lowest BCUT2D eigenvalue weighted by Gasteiger charge is -2.38. The maximum atomic E-state index is 2.70. The zero-order valence-electron chi connectivity index (χ0n) is 24.4. The van der Waals surface area contributed by atoms with Crippen LogP contribution in [0, 0.1) is 23.7 Å². The van der Waals surface area contributed by atoms with Crippen LogP contribution in [0.15, 0.2) is 0 Å². The Labute approximate surface area is 214 Å². The summed E-state index contributed by atoms with van der Waals surface area (Å²) in [5.41, 5.74) is 0. The minimum absolute atomic E-state index is 0.750. The Morgan fingerprint density at radius 1 is 0.618 bits per heavy atom. The molecule has 3 aliphatic heterocycles. The standard InChI is InChI=1S/C17H35N3.C13H27N/c1-4-16(3)17-6-8-19(9-7-17)14-15-20-12-10-18(5-2)11-13-20;1-5-12(4)10-13-6-8-14(9-7-13)11(2)3/h16-17H,4-15H2,1-3H3;11-13H,5-10H2,1-4H3. The van der Waals surface area contributed by atoms with Crippen molar-refractivity contribution in [2.24, 2.45) is 23.7 Å². The van der Waals surface area contributed by atoms with Gasteiger partial charge in [-0.3, -0.25) is 4.90 Å². The van der Waals surface area contributed by atoms with Gasteiger partial charge in [0.25, 0.3) is 0 Å². The fourth-order valence-corrected chi connectivity index (χ4v) is 6.13. The third kappa shape index (κ3) is 10.8. The van der Waals surface area contributed by atoms with E-state index < -0.39 is 0 Å². The zero-order chi connectivity index (χ0) is 24.9. The van der Waals surface area contributed by atoms with E-state index in [1.807, 2.05) is 0 Å². The van der Waals surface area contributed by atoms with E-state index in [4.69, 9.17) is 0 Å². The average Bonchev–Trinajstić information content (AvgIpc) is 2.88. The van der Waals surface area contributed by atoms with Crippen molar-refractivity contribution in [3.8, 4) is 0 Å². The van der Waals surface area contributed by atoms with Crippen LogP contribution in [0.25, 0.3) is 0 Å². The SMILES string of the molecule is CCC(C)C1CCN(CCN2CCN(CC)CC2)CC1.CCC(C)CC1CCN(C(C)C)CC1. The predicted octanol–water partition coefficient (Wildman–Crippen LogP) is 5.93. The second kappa shape index (κ2) is 16.6. The van der Waals surface area contributed by atoms with Crippen LogP contribution in [0.5, 0.6) is 0 Å². The van der Waals surface area contributed by atoms with Gasteiger partial charge in [-0.25, -0.2) is 0 Å². The van der Waals surface area contributed by atoms with Crippen molar-refractivity contribution >= 4 is 0 Å². The van der Waals surface area contributed by atoms with Crippen molar-refractivity contribution in [1.82, 2.24) is 19.6 Å². The Balaban J connectivity index is 0.000000257. The number of nitrogens with zero attached hydrogens (tertiary/aromatic N) is 4. The second-order valence-electron chi connectivity index (χ2n) is 12.2. The fourth-order valence-electron chi connectivity index (χ4n) is 6.13. The maximum Gasteiger partial charge on any atom is 0.0110 e. The molecule has 0 aromatic rings. The highest BCUT2D eigenvalue weighted by molar-refractivity contribution is 4.78. The molecule has 3 rings (SSSR count). The first-order valence-corrected chi connectivity index (χ1v) is 15.3. The molecule has 2 atom stereocenters. The van der Waals surface area contributed by atoms with Crippen LogP contribution in [0.4, 0.5) is 0 Å². The van der Waals surface area contributed by atoms with Crippen molar-refractivity contribution in [2.45, 2.75) is 99.5 Å². The molecule has 0 aromatic carbocycles. The van der Waals surface area contributed by atoms with Crippen molar-refractivity contribution in [3.05, 3.63) is 0 Å². The van der Waals surface area contributed by atoms with Crippen LogP contribution >= 0.6 is 0 Å². The minimum atomic E-state index is 0.750. The number of piperidine rings is 2. The highest BCUT2D eigenvalue weighted by atomic mass is 15.3. The summed E-state index contributed by atoms with van der Waals surface area (Å²) in [4.78, 5) is 10.5. The van der Waals surface area contributed by atoms with Crippen LogP contribution in [0.3, 0.4) is 0 Å². The van der Waals surface area contributed by atoms with E-state index >= 15 is 0 Å². The van der Waals surface area contributed by atoms with Crippen LogP contribution in [0.1, 0.15) is 93.4 Å². The molecule has 4 heteroatoms. The minimum Gasteiger partial charge on any atom is -0.302 e. The lowest BCUT2D eigenvalue weighted by molar-refractivity contribution is 0.103. The van der Waals surface area contributed by atoms with E-state index in [1.165, 1.54) is 117 Å². The molecule has 0 amide bonds. The van der Waals surface area contributed by atoms with Gasteiger partial charge in [-0.2, -0.15) is 0 Å². The van der Waals surface area contributed by atoms with E-state index in [9.17, 15) is 0 Å². The Hall–Kier alpha value is -0.160. The molecule has 0 bridgehead atoms. The summed E-state index contributed by atoms with van der Waals surface area (Å²) in [5, 5.41) is 0. The highest BCUT2D eigenvalue weighted by Crippen LogP contribution is 2.27. The Morgan fingerprint density at radius 2 is 1.15 bits per heavy atom. The molecule has 202 valence electrons. The molecule has 0 saturated carbocycles. The third-order valence-electron chi connectivity index (χ3n) is 9.54. The molecule has 0 aromatic heterocycles. The average molecular weight is 479 g/mol. The van der Waals surface area contributed by atoms with Gasteiger partial charge >= 0.3 is 0 Å². The number of hydrogen-bond donors (Lipinski definition) is 0. The highest BCUT2D eigenvalue weighted by Gasteiger charge is 2.24. The van der Waals surface area contributed by atoms with Gasteiger partial charge < -0.3 is 14.7 Å². The van der Waals surface area contributed by atoms with E-state index in [-0.39, 0.29) is 0 Å². The molecule has 0 N–H and O–H groups in total. The molecule has 0 aliphatic carbocycles. The van der Waals surface area contributed by atoms with Crippen molar-refractivity contribution in [1.29, 1.82) is 0 Å². The molecule has 34 heavy (non-hydrogen) atoms. The smallest absolute Gasteiger partial charge is 0.0110 e. The van der Waals surface area contributed by atoms with Gasteiger partial charge in [0.1, 0.15) is 0 Å². The van der Waals surface area contributed by atoms with E-state index in [2.05, 4.69) is 68.1 Å². The monoisotopic (exact) mass is 478 g/mol. The van der Waals surface area contributed by atoms with Gasteiger partial charge in [-0.15, -0.1) is 0 Å². The van der Waals surface area contributed by atoms with Crippen LogP contribution in [0.2, 0.25) is 0 Å². The molecule has 3 heterocycles. The van der Waals surface area contributed by atoms with Gasteiger partial charge in [0.15, 0.2) is 0 Å². The first-order chi connectivity index (χ1) is 16.4. The van der Waals surface area contributed by atoms with Crippen molar-refractivity contribution in [2.75, 3.05) is 72.0 Å². The van der Waals surface area contributed by atoms with Gasteiger partial charge in [0.2, 0.25) is 0 Å². The number of likely N-dealkylation sites (N-methyl/N-ethyl adjacent to an activating group) is 1. The van der Waals surface area contributed by atoms with E-state index in [1.54, 1.807) is 0 Å². The van der Waals surface area contributed by atoms with Gasteiger partial charge in [-0.05, 0) is 102 Å². The summed E-state index contributed by atoms with van der Waals surface area (Å²) < 4.78 is 0. The molecular formula is C30H62N4. The van der Waals surface area contributed by atoms with E-state index in [0.29, 0.717) is 0 Å². The lowest BCUT2D eigenvalue weighted by atomic mass is 9.84. The van der Waals surface area contributed by atoms with Crippen LogP contribution < -0.4 is 0 Å². The molecule has 0 spiro atoms. The normalized spacial score (nSPS) is 24.7. The summed E-state index contributed by atoms with van der Waals surface area (Å²) in [6, 6.07) is 0.750. The molecular weight excluding hydrogens is 416 g/mol. The predicted molar refractivity (Wildman–Crippen MR) is 151 cm³/mol. The number of rotatable bonds is 10. The number of piperazine rings is 1. The first-order valence-electron chi connectivity index (χ1n) is 15.3. The summed E-state index contributed by atoms with van der Waals surface area (Å²) in [6.07, 6.45) is 9.89. The van der Waals surface area contributed by atoms with Gasteiger partial charge in [0, 0.05) is 45.3 Å². The quantitative estimate of drug-likeness (QED) is 0.386. The number of likely N-dealkylation sites (tertiary alicyclic amines) is 2. The Kier molecular flexibility index (Phi) is 14.6. The van der Waals surface area contributed by atoms with Crippen LogP contribution in [-0.2, 0) is 0 Å². The molecule has 3 aliphatic rings. The molecule has 4 nitrogen and oxygen atoms in total. The summed E-state index contributed by atoms with van der Waals surface area (Å²) in [6.45, 7) is 30.6. The van der Waals surface area contributed by atoms with Crippen molar-refractivity contribution in [3.63, 3.8) is 0 Å². The maximum absolute atomic E-state index is 2.70. The zero-order valence-corrected chi connectivity index (χ0v) is 24.4. The fraction of sp³-hybridized carbons (Fsp3) is 1.00. The molecule has 3 saturated heterocycles. The summed E-state index contributed by atoms with van der Waals surface area (Å²) >= 11 is 0. The number of hydrogen-bond acceptors (Lipinski definition) is 4. The van der Waals surface area contributed by atoms with Gasteiger partial charge in [-0.1, -0.05) is 47.5 Å². The summed E-state index contributed by atoms with van der Waals surface area (Å²) in [7, 11) is 0. The van der Waals surface area contributed by atoms with E-state index in [0.717, 1.165) is 29.7 Å². The summed E-state index contributed by atoms with van der Waals surface area (Å²) in [5.74, 6) is 3.87. The Morgan fingerprint density at radius 3 is 1.62 bits per heavy atom. The molecule has 2 unspecified atom stereocenters. The van der Waals surface area contributed by atoms with Crippen LogP contribution in [-0.4, -0.2) is 97.6 Å². The molecule has 0 radical (unpaired) electrons. The Bertz CT molecular complexity index is 486. The van der Waals surface area contributed by atoms with Crippen molar-refractivity contribution < 1.29 is 0 Å². The first kappa shape index (κ1) is 30.1. The third-order valence-corrected chi connectivity index (χ3v) is 9.54. The second-order valence-corrected chi connectivity index (χ2v) is 12.2. The van der Waals surface area contributed by atoms with Gasteiger partial charge in [0.05, 0.1) is 0 Å². The lowest BCUT2D eigenvalue weighted by Crippen LogP contribution is -2.49.